The first-order chi connectivity index (χ1) is 10.4. The summed E-state index contributed by atoms with van der Waals surface area (Å²) in [4.78, 5) is 10.9. The number of nitrogens with one attached hydrogen (secondary N) is 2. The summed E-state index contributed by atoms with van der Waals surface area (Å²) in [6.45, 7) is 3.50. The number of hydrogen-bond donors (Lipinski definition) is 2. The number of nitrogens with zero attached hydrogens (tertiary/aromatic N) is 2. The molecule has 1 heterocycles. The fraction of sp³-hybridized carbons (Fsp3) is 0.308. The minimum Gasteiger partial charge on any atom is -0.301 e. The lowest BCUT2D eigenvalue weighted by atomic mass is 10.0. The van der Waals surface area contributed by atoms with Crippen LogP contribution in [0.15, 0.2) is 34.7 Å². The third-order valence-corrected chi connectivity index (χ3v) is 5.50. The average Bonchev–Trinajstić information content (AvgIpc) is 2.94. The molecule has 2 N–H and O–H groups in total. The summed E-state index contributed by atoms with van der Waals surface area (Å²) in [6, 6.07) is 9.61. The molecule has 0 bridgehead atoms. The van der Waals surface area contributed by atoms with Gasteiger partial charge < -0.3 is 5.32 Å². The Balaban J connectivity index is 2.02. The van der Waals surface area contributed by atoms with E-state index >= 15 is 0 Å². The highest BCUT2D eigenvalue weighted by atomic mass is 32.2. The molecule has 118 valence electrons. The molecule has 7 nitrogen and oxygen atoms in total. The number of carbonyl (C=O) groups excluding carboxylic acids is 1. The van der Waals surface area contributed by atoms with Gasteiger partial charge in [-0.15, -0.1) is 10.2 Å². The van der Waals surface area contributed by atoms with E-state index in [0.717, 1.165) is 16.9 Å². The second kappa shape index (κ2) is 6.95. The predicted octanol–water partition coefficient (Wildman–Crippen LogP) is 1.58. The largest absolute Gasteiger partial charge is 0.301 e. The number of carbonyl (C=O) groups is 1. The zero-order valence-electron chi connectivity index (χ0n) is 12.1. The Morgan fingerprint density at radius 2 is 1.95 bits per heavy atom. The fourth-order valence-corrected chi connectivity index (χ4v) is 3.83. The van der Waals surface area contributed by atoms with Crippen molar-refractivity contribution in [2.75, 3.05) is 11.9 Å². The first-order valence-corrected chi connectivity index (χ1v) is 8.84. The number of benzene rings is 1. The van der Waals surface area contributed by atoms with E-state index in [1.165, 1.54) is 6.92 Å². The Bertz CT molecular complexity index is 744. The van der Waals surface area contributed by atoms with E-state index in [-0.39, 0.29) is 27.8 Å². The number of hydrogen-bond acceptors (Lipinski definition) is 6. The van der Waals surface area contributed by atoms with Crippen molar-refractivity contribution in [3.05, 3.63) is 35.9 Å². The second-order valence-electron chi connectivity index (χ2n) is 4.72. The third-order valence-electron chi connectivity index (χ3n) is 2.87. The summed E-state index contributed by atoms with van der Waals surface area (Å²) in [5.74, 6) is -0.301. The quantitative estimate of drug-likeness (QED) is 0.778. The van der Waals surface area contributed by atoms with Gasteiger partial charge >= 0.3 is 0 Å². The molecule has 0 fully saturated rings. The van der Waals surface area contributed by atoms with Crippen LogP contribution < -0.4 is 10.0 Å². The number of sulfonamides is 1. The summed E-state index contributed by atoms with van der Waals surface area (Å²) in [5, 5.41) is 9.78. The van der Waals surface area contributed by atoms with E-state index < -0.39 is 10.0 Å². The van der Waals surface area contributed by atoms with Gasteiger partial charge in [-0.1, -0.05) is 48.6 Å². The van der Waals surface area contributed by atoms with Crippen molar-refractivity contribution in [1.29, 1.82) is 0 Å². The lowest BCUT2D eigenvalue weighted by Crippen LogP contribution is -2.27. The Morgan fingerprint density at radius 1 is 1.27 bits per heavy atom. The maximum absolute atomic E-state index is 12.2. The van der Waals surface area contributed by atoms with E-state index in [4.69, 9.17) is 0 Å². The molecule has 0 aliphatic carbocycles. The molecule has 1 aromatic heterocycles. The Morgan fingerprint density at radius 3 is 2.59 bits per heavy atom. The van der Waals surface area contributed by atoms with Gasteiger partial charge in [0.1, 0.15) is 0 Å². The van der Waals surface area contributed by atoms with E-state index in [0.29, 0.717) is 0 Å². The summed E-state index contributed by atoms with van der Waals surface area (Å²) in [7, 11) is -3.73. The van der Waals surface area contributed by atoms with Crippen molar-refractivity contribution >= 4 is 32.4 Å². The Labute approximate surface area is 132 Å². The Hall–Kier alpha value is -1.84. The zero-order chi connectivity index (χ0) is 16.2. The first-order valence-electron chi connectivity index (χ1n) is 6.54. The van der Waals surface area contributed by atoms with Gasteiger partial charge in [-0.3, -0.25) is 4.79 Å². The summed E-state index contributed by atoms with van der Waals surface area (Å²) >= 11 is 0.811. The van der Waals surface area contributed by atoms with Crippen molar-refractivity contribution in [1.82, 2.24) is 14.9 Å². The van der Waals surface area contributed by atoms with Gasteiger partial charge in [0.05, 0.1) is 0 Å². The molecule has 0 radical (unpaired) electrons. The molecule has 1 amide bonds. The van der Waals surface area contributed by atoms with Crippen molar-refractivity contribution in [2.24, 2.45) is 0 Å². The lowest BCUT2D eigenvalue weighted by molar-refractivity contribution is -0.114. The van der Waals surface area contributed by atoms with Crippen LogP contribution >= 0.6 is 11.3 Å². The van der Waals surface area contributed by atoms with Gasteiger partial charge in [-0.2, -0.15) is 0 Å². The van der Waals surface area contributed by atoms with Crippen LogP contribution in [0.25, 0.3) is 0 Å². The standard InChI is InChI=1S/C13H16N4O3S2/c1-9(11-6-4-3-5-7-11)8-14-22(19,20)13-17-16-12(21-13)15-10(2)18/h3-7,9,14H,8H2,1-2H3,(H,15,16,18)/t9-/m0/s1. The highest BCUT2D eigenvalue weighted by Crippen LogP contribution is 2.20. The first kappa shape index (κ1) is 16.5. The highest BCUT2D eigenvalue weighted by molar-refractivity contribution is 7.91. The minimum absolute atomic E-state index is 0.0266. The molecule has 2 aromatic rings. The average molecular weight is 340 g/mol. The molecule has 2 rings (SSSR count). The number of anilines is 1. The fourth-order valence-electron chi connectivity index (χ4n) is 1.72. The molecule has 1 atom stereocenters. The van der Waals surface area contributed by atoms with Gasteiger partial charge in [-0.25, -0.2) is 13.1 Å². The lowest BCUT2D eigenvalue weighted by Gasteiger charge is -2.12. The van der Waals surface area contributed by atoms with E-state index in [1.807, 2.05) is 37.3 Å². The van der Waals surface area contributed by atoms with Gasteiger partial charge in [0.25, 0.3) is 10.0 Å². The van der Waals surface area contributed by atoms with Crippen LogP contribution in [0.1, 0.15) is 25.3 Å². The normalized spacial score (nSPS) is 12.8. The molecule has 0 saturated heterocycles. The van der Waals surface area contributed by atoms with Crippen molar-refractivity contribution in [2.45, 2.75) is 24.1 Å². The molecule has 0 unspecified atom stereocenters. The molecular formula is C13H16N4O3S2. The van der Waals surface area contributed by atoms with Crippen LogP contribution in [0.4, 0.5) is 5.13 Å². The van der Waals surface area contributed by atoms with Crippen LogP contribution in [0.3, 0.4) is 0 Å². The SMILES string of the molecule is CC(=O)Nc1nnc(S(=O)(=O)NC[C@H](C)c2ccccc2)s1. The molecule has 0 spiro atoms. The molecule has 0 aliphatic heterocycles. The smallest absolute Gasteiger partial charge is 0.269 e. The van der Waals surface area contributed by atoms with E-state index in [9.17, 15) is 13.2 Å². The minimum atomic E-state index is -3.73. The predicted molar refractivity (Wildman–Crippen MR) is 84.3 cm³/mol. The van der Waals surface area contributed by atoms with E-state index in [2.05, 4.69) is 20.2 Å². The second-order valence-corrected chi connectivity index (χ2v) is 7.64. The molecule has 0 aliphatic rings. The molecule has 0 saturated carbocycles. The molecular weight excluding hydrogens is 324 g/mol. The highest BCUT2D eigenvalue weighted by Gasteiger charge is 2.21. The topological polar surface area (TPSA) is 101 Å². The molecule has 1 aromatic carbocycles. The number of amides is 1. The van der Waals surface area contributed by atoms with Crippen molar-refractivity contribution in [3.8, 4) is 0 Å². The molecule has 22 heavy (non-hydrogen) atoms. The third kappa shape index (κ3) is 4.33. The van der Waals surface area contributed by atoms with Crippen LogP contribution in [0.2, 0.25) is 0 Å². The van der Waals surface area contributed by atoms with Gasteiger partial charge in [0.15, 0.2) is 0 Å². The van der Waals surface area contributed by atoms with Crippen molar-refractivity contribution < 1.29 is 13.2 Å². The Kier molecular flexibility index (Phi) is 5.22. The number of rotatable bonds is 6. The number of aromatic nitrogens is 2. The van der Waals surface area contributed by atoms with Crippen molar-refractivity contribution in [3.63, 3.8) is 0 Å². The summed E-state index contributed by atoms with van der Waals surface area (Å²) in [5.41, 5.74) is 1.04. The van der Waals surface area contributed by atoms with Crippen LogP contribution in [0.5, 0.6) is 0 Å². The summed E-state index contributed by atoms with van der Waals surface area (Å²) < 4.78 is 26.6. The summed E-state index contributed by atoms with van der Waals surface area (Å²) in [6.07, 6.45) is 0. The van der Waals surface area contributed by atoms with Crippen LogP contribution in [-0.2, 0) is 14.8 Å². The van der Waals surface area contributed by atoms with Gasteiger partial charge in [0.2, 0.25) is 15.4 Å². The van der Waals surface area contributed by atoms with Crippen LogP contribution in [-0.4, -0.2) is 31.1 Å². The van der Waals surface area contributed by atoms with Gasteiger partial charge in [0, 0.05) is 13.5 Å². The zero-order valence-corrected chi connectivity index (χ0v) is 13.7. The van der Waals surface area contributed by atoms with Crippen LogP contribution in [0, 0.1) is 0 Å². The van der Waals surface area contributed by atoms with E-state index in [1.54, 1.807) is 0 Å². The maximum Gasteiger partial charge on any atom is 0.269 e. The molecule has 9 heteroatoms. The maximum atomic E-state index is 12.2. The van der Waals surface area contributed by atoms with Gasteiger partial charge in [-0.05, 0) is 11.5 Å². The monoisotopic (exact) mass is 340 g/mol.